The summed E-state index contributed by atoms with van der Waals surface area (Å²) in [7, 11) is 1.70. The maximum Gasteiger partial charge on any atom is 0.339 e. The lowest BCUT2D eigenvalue weighted by Crippen LogP contribution is -2.41. The van der Waals surface area contributed by atoms with Crippen molar-refractivity contribution in [3.05, 3.63) is 77.3 Å². The average Bonchev–Trinajstić information content (AvgIpc) is 3.26. The van der Waals surface area contributed by atoms with E-state index in [1.807, 2.05) is 12.1 Å². The summed E-state index contributed by atoms with van der Waals surface area (Å²) in [6, 6.07) is 12.9. The molecular formula is C23H20N4O5S. The van der Waals surface area contributed by atoms with Crippen molar-refractivity contribution in [2.75, 3.05) is 7.05 Å². The number of aromatic carboxylic acids is 1. The molecule has 0 saturated heterocycles. The second kappa shape index (κ2) is 10.3. The average molecular weight is 465 g/mol. The summed E-state index contributed by atoms with van der Waals surface area (Å²) < 4.78 is 0. The summed E-state index contributed by atoms with van der Waals surface area (Å²) in [4.78, 5) is 43.9. The zero-order valence-electron chi connectivity index (χ0n) is 17.5. The summed E-state index contributed by atoms with van der Waals surface area (Å²) >= 11 is 5.24. The maximum absolute atomic E-state index is 12.5. The summed E-state index contributed by atoms with van der Waals surface area (Å²) in [5.41, 5.74) is 1.95. The van der Waals surface area contributed by atoms with Crippen molar-refractivity contribution in [2.45, 2.75) is 6.54 Å². The first-order valence-electron chi connectivity index (χ1n) is 9.67. The molecule has 0 aliphatic carbocycles. The Morgan fingerprint density at radius 1 is 1.21 bits per heavy atom. The third-order valence-electron chi connectivity index (χ3n) is 4.64. The first-order chi connectivity index (χ1) is 15.8. The number of phenols is 1. The number of rotatable bonds is 7. The number of aromatic hydroxyl groups is 1. The molecule has 4 N–H and O–H groups in total. The van der Waals surface area contributed by atoms with Gasteiger partial charge in [-0.25, -0.2) is 4.79 Å². The fourth-order valence-corrected chi connectivity index (χ4v) is 3.09. The van der Waals surface area contributed by atoms with Crippen LogP contribution in [0.15, 0.2) is 60.3 Å². The van der Waals surface area contributed by atoms with E-state index in [1.54, 1.807) is 36.3 Å². The number of aromatic nitrogens is 2. The molecule has 0 bridgehead atoms. The van der Waals surface area contributed by atoms with Crippen LogP contribution in [0.3, 0.4) is 0 Å². The molecule has 0 fully saturated rings. The molecule has 1 aromatic carbocycles. The number of hydrogen-bond donors (Lipinski definition) is 4. The van der Waals surface area contributed by atoms with Crippen LogP contribution >= 0.6 is 12.2 Å². The second-order valence-electron chi connectivity index (χ2n) is 7.02. The van der Waals surface area contributed by atoms with E-state index in [-0.39, 0.29) is 22.0 Å². The number of amides is 1. The first-order valence-corrected chi connectivity index (χ1v) is 10.1. The third-order valence-corrected chi connectivity index (χ3v) is 5.05. The molecule has 1 amide bonds. The zero-order chi connectivity index (χ0) is 24.0. The molecule has 3 rings (SSSR count). The Balaban J connectivity index is 1.70. The van der Waals surface area contributed by atoms with Gasteiger partial charge in [-0.1, -0.05) is 12.1 Å². The van der Waals surface area contributed by atoms with Gasteiger partial charge in [-0.05, 0) is 54.7 Å². The quantitative estimate of drug-likeness (QED) is 0.138. The fourth-order valence-electron chi connectivity index (χ4n) is 2.94. The van der Waals surface area contributed by atoms with Gasteiger partial charge in [0.25, 0.3) is 5.91 Å². The van der Waals surface area contributed by atoms with Gasteiger partial charge < -0.3 is 20.1 Å². The zero-order valence-corrected chi connectivity index (χ0v) is 18.3. The van der Waals surface area contributed by atoms with Crippen LogP contribution in [0.4, 0.5) is 0 Å². The standard InChI is InChI=1S/C23H20N4O5S/c1-27(12-17-4-2-3-9-24-17)23(33)26-21(30)15(13-28)10-16-6-8-19(25-16)14-5-7-18(22(31)32)20(29)11-14/h2-11,13,25,29H,12H2,1H3,(H,31,32)(H,26,30,33)/b15-10-. The van der Waals surface area contributed by atoms with Crippen LogP contribution in [0, 0.1) is 0 Å². The molecule has 10 heteroatoms. The van der Waals surface area contributed by atoms with Crippen molar-refractivity contribution in [2.24, 2.45) is 0 Å². The summed E-state index contributed by atoms with van der Waals surface area (Å²) in [5.74, 6) is -2.27. The van der Waals surface area contributed by atoms with Crippen LogP contribution in [0.2, 0.25) is 0 Å². The van der Waals surface area contributed by atoms with Gasteiger partial charge in [-0.2, -0.15) is 0 Å². The predicted octanol–water partition coefficient (Wildman–Crippen LogP) is 2.60. The highest BCUT2D eigenvalue weighted by Gasteiger charge is 2.15. The number of pyridine rings is 1. The highest BCUT2D eigenvalue weighted by atomic mass is 32.1. The van der Waals surface area contributed by atoms with Gasteiger partial charge in [0.05, 0.1) is 17.8 Å². The van der Waals surface area contributed by atoms with Crippen LogP contribution in [0.1, 0.15) is 21.7 Å². The third kappa shape index (κ3) is 5.89. The largest absolute Gasteiger partial charge is 0.507 e. The van der Waals surface area contributed by atoms with Crippen molar-refractivity contribution in [3.63, 3.8) is 0 Å². The topological polar surface area (TPSA) is 136 Å². The highest BCUT2D eigenvalue weighted by molar-refractivity contribution is 7.80. The van der Waals surface area contributed by atoms with Crippen molar-refractivity contribution in [1.82, 2.24) is 20.2 Å². The van der Waals surface area contributed by atoms with Crippen LogP contribution < -0.4 is 5.32 Å². The van der Waals surface area contributed by atoms with Gasteiger partial charge in [0.15, 0.2) is 11.4 Å². The van der Waals surface area contributed by atoms with Crippen LogP contribution in [-0.2, 0) is 16.1 Å². The molecule has 9 nitrogen and oxygen atoms in total. The number of carboxylic acids is 1. The number of nitrogens with one attached hydrogen (secondary N) is 2. The normalized spacial score (nSPS) is 11.0. The molecular weight excluding hydrogens is 444 g/mol. The number of carbonyl (C=O) groups excluding carboxylic acids is 2. The Labute approximate surface area is 194 Å². The number of carboxylic acid groups (broad SMARTS) is 1. The van der Waals surface area contributed by atoms with Crippen molar-refractivity contribution < 1.29 is 24.6 Å². The molecule has 0 aliphatic rings. The Kier molecular flexibility index (Phi) is 7.31. The number of aldehydes is 1. The molecule has 168 valence electrons. The molecule has 3 aromatic rings. The molecule has 33 heavy (non-hydrogen) atoms. The van der Waals surface area contributed by atoms with Gasteiger partial charge in [0.1, 0.15) is 11.3 Å². The monoisotopic (exact) mass is 464 g/mol. The number of hydrogen-bond acceptors (Lipinski definition) is 6. The Morgan fingerprint density at radius 2 is 2.00 bits per heavy atom. The lowest BCUT2D eigenvalue weighted by Gasteiger charge is -2.19. The molecule has 0 unspecified atom stereocenters. The molecule has 0 radical (unpaired) electrons. The van der Waals surface area contributed by atoms with E-state index in [2.05, 4.69) is 15.3 Å². The van der Waals surface area contributed by atoms with E-state index in [4.69, 9.17) is 17.3 Å². The van der Waals surface area contributed by atoms with Gasteiger partial charge in [0, 0.05) is 30.2 Å². The number of benzene rings is 1. The Hall–Kier alpha value is -4.31. The SMILES string of the molecule is CN(Cc1ccccn1)C(=S)NC(=O)/C(C=O)=C\c1ccc(-c2ccc(C(=O)O)c(O)c2)[nH]1. The number of aromatic amines is 1. The molecule has 0 atom stereocenters. The molecule has 0 spiro atoms. The molecule has 0 saturated carbocycles. The van der Waals surface area contributed by atoms with Gasteiger partial charge in [-0.15, -0.1) is 0 Å². The van der Waals surface area contributed by atoms with Gasteiger partial charge in [0.2, 0.25) is 0 Å². The predicted molar refractivity (Wildman–Crippen MR) is 125 cm³/mol. The first kappa shape index (κ1) is 23.4. The molecule has 2 aromatic heterocycles. The lowest BCUT2D eigenvalue weighted by molar-refractivity contribution is -0.118. The van der Waals surface area contributed by atoms with Crippen LogP contribution in [0.25, 0.3) is 17.3 Å². The number of nitrogens with zero attached hydrogens (tertiary/aromatic N) is 2. The Morgan fingerprint density at radius 3 is 2.64 bits per heavy atom. The van der Waals surface area contributed by atoms with Gasteiger partial charge >= 0.3 is 5.97 Å². The van der Waals surface area contributed by atoms with Crippen LogP contribution in [0.5, 0.6) is 5.75 Å². The molecule has 2 heterocycles. The number of thiocarbonyl (C=S) groups is 1. The number of H-pyrrole nitrogens is 1. The summed E-state index contributed by atoms with van der Waals surface area (Å²) in [6.07, 6.45) is 3.44. The van der Waals surface area contributed by atoms with Gasteiger partial charge in [-0.3, -0.25) is 19.9 Å². The fraction of sp³-hybridized carbons (Fsp3) is 0.0870. The minimum atomic E-state index is -1.24. The maximum atomic E-state index is 12.5. The minimum absolute atomic E-state index is 0.138. The van der Waals surface area contributed by atoms with Crippen molar-refractivity contribution in [3.8, 4) is 17.0 Å². The summed E-state index contributed by atoms with van der Waals surface area (Å²) in [6.45, 7) is 0.383. The van der Waals surface area contributed by atoms with E-state index in [0.29, 0.717) is 29.8 Å². The van der Waals surface area contributed by atoms with Crippen LogP contribution in [-0.4, -0.2) is 55.4 Å². The van der Waals surface area contributed by atoms with Crippen molar-refractivity contribution >= 4 is 41.6 Å². The Bertz CT molecular complexity index is 1240. The van der Waals surface area contributed by atoms with E-state index in [1.165, 1.54) is 24.3 Å². The van der Waals surface area contributed by atoms with E-state index in [9.17, 15) is 19.5 Å². The minimum Gasteiger partial charge on any atom is -0.507 e. The van der Waals surface area contributed by atoms with Crippen molar-refractivity contribution in [1.29, 1.82) is 0 Å². The van der Waals surface area contributed by atoms with E-state index >= 15 is 0 Å². The second-order valence-corrected chi connectivity index (χ2v) is 7.41. The smallest absolute Gasteiger partial charge is 0.339 e. The van der Waals surface area contributed by atoms with E-state index < -0.39 is 11.9 Å². The highest BCUT2D eigenvalue weighted by Crippen LogP contribution is 2.26. The summed E-state index contributed by atoms with van der Waals surface area (Å²) in [5, 5.41) is 21.6. The van der Waals surface area contributed by atoms with E-state index in [0.717, 1.165) is 5.69 Å². The number of carbonyl (C=O) groups is 3. The molecule has 0 aliphatic heterocycles. The lowest BCUT2D eigenvalue weighted by atomic mass is 10.1.